The minimum atomic E-state index is -0.308. The highest BCUT2D eigenvalue weighted by atomic mass is 14.8. The first-order valence-electron chi connectivity index (χ1n) is 4.93. The van der Waals surface area contributed by atoms with Gasteiger partial charge in [0.2, 0.25) is 0 Å². The maximum atomic E-state index is 6.05. The summed E-state index contributed by atoms with van der Waals surface area (Å²) in [6.07, 6.45) is 10.8. The Morgan fingerprint density at radius 2 is 2.15 bits per heavy atom. The van der Waals surface area contributed by atoms with Gasteiger partial charge in [0.05, 0.1) is 5.54 Å². The number of fused-ring (bicyclic) bond motifs is 1. The van der Waals surface area contributed by atoms with Gasteiger partial charge >= 0.3 is 0 Å². The molecule has 0 amide bonds. The fourth-order valence-corrected chi connectivity index (χ4v) is 1.93. The summed E-state index contributed by atoms with van der Waals surface area (Å²) >= 11 is 0. The van der Waals surface area contributed by atoms with Crippen LogP contribution >= 0.6 is 0 Å². The monoisotopic (exact) mass is 176 g/mol. The molecule has 2 N–H and O–H groups in total. The van der Waals surface area contributed by atoms with Crippen LogP contribution < -0.4 is 5.73 Å². The van der Waals surface area contributed by atoms with Gasteiger partial charge in [-0.1, -0.05) is 6.08 Å². The van der Waals surface area contributed by atoms with E-state index in [4.69, 9.17) is 5.73 Å². The molecule has 0 bridgehead atoms. The molecule has 0 spiro atoms. The second-order valence-corrected chi connectivity index (χ2v) is 4.13. The predicted molar refractivity (Wildman–Crippen MR) is 55.7 cm³/mol. The lowest BCUT2D eigenvalue weighted by Gasteiger charge is -2.19. The first-order valence-corrected chi connectivity index (χ1v) is 4.93. The fourth-order valence-electron chi connectivity index (χ4n) is 1.93. The summed E-state index contributed by atoms with van der Waals surface area (Å²) in [6.45, 7) is 2.02. The van der Waals surface area contributed by atoms with Crippen LogP contribution in [0.5, 0.6) is 0 Å². The van der Waals surface area contributed by atoms with Crippen molar-refractivity contribution in [2.75, 3.05) is 0 Å². The van der Waals surface area contributed by atoms with Crippen molar-refractivity contribution in [3.05, 3.63) is 23.9 Å². The Balaban J connectivity index is 2.34. The Morgan fingerprint density at radius 1 is 1.38 bits per heavy atom. The smallest absolute Gasteiger partial charge is 0.0520 e. The second-order valence-electron chi connectivity index (χ2n) is 4.13. The van der Waals surface area contributed by atoms with E-state index in [1.807, 2.05) is 19.2 Å². The number of aliphatic imine (C=N–C) groups is 1. The average molecular weight is 176 g/mol. The van der Waals surface area contributed by atoms with Gasteiger partial charge in [0, 0.05) is 11.9 Å². The Bertz CT molecular complexity index is 295. The zero-order valence-electron chi connectivity index (χ0n) is 8.09. The van der Waals surface area contributed by atoms with Crippen molar-refractivity contribution in [2.45, 2.75) is 38.1 Å². The number of allylic oxidation sites excluding steroid dienone is 1. The molecular formula is C11H16N2. The maximum Gasteiger partial charge on any atom is 0.0520 e. The van der Waals surface area contributed by atoms with Gasteiger partial charge in [-0.15, -0.1) is 0 Å². The second kappa shape index (κ2) is 3.11. The molecule has 1 unspecified atom stereocenters. The highest BCUT2D eigenvalue weighted by Gasteiger charge is 2.19. The molecule has 0 aromatic heterocycles. The molecule has 1 fully saturated rings. The van der Waals surface area contributed by atoms with E-state index >= 15 is 0 Å². The summed E-state index contributed by atoms with van der Waals surface area (Å²) in [7, 11) is 0. The van der Waals surface area contributed by atoms with Crippen LogP contribution in [0.3, 0.4) is 0 Å². The molecule has 1 heterocycles. The Hall–Kier alpha value is -0.890. The van der Waals surface area contributed by atoms with Crippen LogP contribution in [0.1, 0.15) is 32.6 Å². The quantitative estimate of drug-likeness (QED) is 0.603. The van der Waals surface area contributed by atoms with Gasteiger partial charge < -0.3 is 5.73 Å². The number of rotatable bonds is 0. The van der Waals surface area contributed by atoms with E-state index in [0.29, 0.717) is 0 Å². The van der Waals surface area contributed by atoms with Gasteiger partial charge in [-0.25, -0.2) is 0 Å². The summed E-state index contributed by atoms with van der Waals surface area (Å²) in [4.78, 5) is 4.43. The minimum absolute atomic E-state index is 0.308. The van der Waals surface area contributed by atoms with E-state index in [-0.39, 0.29) is 5.54 Å². The molecule has 2 aliphatic rings. The standard InChI is InChI=1S/C11H16N2/c1-11(12)6-7-13-10-5-3-2-4-9(10)8-11/h6-8H,2-5,12H2,1H3. The van der Waals surface area contributed by atoms with Gasteiger partial charge in [0.15, 0.2) is 0 Å². The highest BCUT2D eigenvalue weighted by Crippen LogP contribution is 2.25. The largest absolute Gasteiger partial charge is 0.319 e. The summed E-state index contributed by atoms with van der Waals surface area (Å²) in [6, 6.07) is 0. The molecule has 1 aliphatic carbocycles. The zero-order valence-corrected chi connectivity index (χ0v) is 8.09. The van der Waals surface area contributed by atoms with Crippen molar-refractivity contribution < 1.29 is 0 Å². The highest BCUT2D eigenvalue weighted by molar-refractivity contribution is 6.01. The number of hydrogen-bond donors (Lipinski definition) is 1. The molecule has 0 aromatic rings. The molecule has 1 aliphatic heterocycles. The van der Waals surface area contributed by atoms with Crippen LogP contribution in [0.4, 0.5) is 0 Å². The molecule has 1 saturated carbocycles. The molecule has 2 rings (SSSR count). The molecule has 1 atom stereocenters. The average Bonchev–Trinajstić information content (AvgIpc) is 2.21. The zero-order chi connectivity index (χ0) is 9.31. The first-order chi connectivity index (χ1) is 6.17. The maximum absolute atomic E-state index is 6.05. The van der Waals surface area contributed by atoms with Crippen molar-refractivity contribution in [2.24, 2.45) is 10.7 Å². The molecule has 13 heavy (non-hydrogen) atoms. The van der Waals surface area contributed by atoms with Crippen LogP contribution in [-0.2, 0) is 0 Å². The van der Waals surface area contributed by atoms with Crippen molar-refractivity contribution >= 4 is 5.71 Å². The topological polar surface area (TPSA) is 38.4 Å². The molecule has 0 radical (unpaired) electrons. The fraction of sp³-hybridized carbons (Fsp3) is 0.545. The van der Waals surface area contributed by atoms with Crippen molar-refractivity contribution in [1.29, 1.82) is 0 Å². The number of nitrogens with two attached hydrogens (primary N) is 1. The van der Waals surface area contributed by atoms with Crippen LogP contribution in [-0.4, -0.2) is 11.3 Å². The van der Waals surface area contributed by atoms with E-state index in [1.165, 1.54) is 24.1 Å². The van der Waals surface area contributed by atoms with E-state index in [2.05, 4.69) is 11.1 Å². The Morgan fingerprint density at radius 3 is 3.00 bits per heavy atom. The van der Waals surface area contributed by atoms with Crippen molar-refractivity contribution in [1.82, 2.24) is 0 Å². The number of hydrogen-bond acceptors (Lipinski definition) is 2. The van der Waals surface area contributed by atoms with Gasteiger partial charge in [0.1, 0.15) is 0 Å². The lowest BCUT2D eigenvalue weighted by atomic mass is 9.89. The summed E-state index contributed by atoms with van der Waals surface area (Å²) in [5.74, 6) is 0. The van der Waals surface area contributed by atoms with Crippen molar-refractivity contribution in [3.63, 3.8) is 0 Å². The summed E-state index contributed by atoms with van der Waals surface area (Å²) in [5.41, 5.74) is 8.35. The van der Waals surface area contributed by atoms with Gasteiger partial charge in [-0.2, -0.15) is 0 Å². The summed E-state index contributed by atoms with van der Waals surface area (Å²) < 4.78 is 0. The van der Waals surface area contributed by atoms with Gasteiger partial charge in [-0.3, -0.25) is 4.99 Å². The van der Waals surface area contributed by atoms with E-state index in [1.54, 1.807) is 0 Å². The molecule has 0 saturated heterocycles. The molecular weight excluding hydrogens is 160 g/mol. The molecule has 70 valence electrons. The molecule has 2 heteroatoms. The molecule has 2 nitrogen and oxygen atoms in total. The van der Waals surface area contributed by atoms with Crippen LogP contribution in [0, 0.1) is 0 Å². The van der Waals surface area contributed by atoms with Crippen LogP contribution in [0.2, 0.25) is 0 Å². The minimum Gasteiger partial charge on any atom is -0.319 e. The number of nitrogens with zero attached hydrogens (tertiary/aromatic N) is 1. The Kier molecular flexibility index (Phi) is 2.08. The van der Waals surface area contributed by atoms with Crippen molar-refractivity contribution in [3.8, 4) is 0 Å². The third-order valence-corrected chi connectivity index (χ3v) is 2.63. The first kappa shape index (κ1) is 8.70. The lowest BCUT2D eigenvalue weighted by Crippen LogP contribution is -2.31. The van der Waals surface area contributed by atoms with Gasteiger partial charge in [0.25, 0.3) is 0 Å². The van der Waals surface area contributed by atoms with E-state index in [0.717, 1.165) is 12.8 Å². The van der Waals surface area contributed by atoms with Crippen LogP contribution in [0.25, 0.3) is 0 Å². The SMILES string of the molecule is CC1(N)C=CN=C2CCCCC2=C1. The third-order valence-electron chi connectivity index (χ3n) is 2.63. The predicted octanol–water partition coefficient (Wildman–Crippen LogP) is 2.17. The third kappa shape index (κ3) is 1.89. The van der Waals surface area contributed by atoms with Crippen LogP contribution in [0.15, 0.2) is 28.9 Å². The lowest BCUT2D eigenvalue weighted by molar-refractivity contribution is 0.700. The summed E-state index contributed by atoms with van der Waals surface area (Å²) in [5, 5.41) is 0. The van der Waals surface area contributed by atoms with Gasteiger partial charge in [-0.05, 0) is 44.3 Å². The van der Waals surface area contributed by atoms with E-state index in [9.17, 15) is 0 Å². The Labute approximate surface area is 79.2 Å². The molecule has 0 aromatic carbocycles. The van der Waals surface area contributed by atoms with E-state index < -0.39 is 0 Å². The normalized spacial score (nSPS) is 33.1.